The summed E-state index contributed by atoms with van der Waals surface area (Å²) in [6.07, 6.45) is 6.91. The second kappa shape index (κ2) is 7.25. The van der Waals surface area contributed by atoms with Crippen molar-refractivity contribution in [1.82, 2.24) is 10.2 Å². The molecule has 2 N–H and O–H groups in total. The Labute approximate surface area is 116 Å². The summed E-state index contributed by atoms with van der Waals surface area (Å²) in [5, 5.41) is 12.5. The molecule has 2 unspecified atom stereocenters. The minimum absolute atomic E-state index is 0.270. The first-order valence-electron chi connectivity index (χ1n) is 7.85. The molecule has 0 bridgehead atoms. The van der Waals surface area contributed by atoms with Crippen molar-refractivity contribution < 1.29 is 9.90 Å². The van der Waals surface area contributed by atoms with Gasteiger partial charge in [-0.2, -0.15) is 0 Å². The molecule has 2 aliphatic rings. The smallest absolute Gasteiger partial charge is 0.304 e. The summed E-state index contributed by atoms with van der Waals surface area (Å²) in [5.74, 6) is 0.938. The van der Waals surface area contributed by atoms with E-state index in [1.165, 1.54) is 32.1 Å². The van der Waals surface area contributed by atoms with Gasteiger partial charge in [-0.1, -0.05) is 19.8 Å². The summed E-state index contributed by atoms with van der Waals surface area (Å²) < 4.78 is 0. The van der Waals surface area contributed by atoms with Gasteiger partial charge < -0.3 is 15.3 Å². The SMILES string of the molecule is CCC1CC(NCC2CCC2)CN(CCC(=O)O)C1. The Balaban J connectivity index is 1.75. The molecule has 1 heterocycles. The number of carboxylic acid groups (broad SMARTS) is 1. The van der Waals surface area contributed by atoms with Gasteiger partial charge in [0.25, 0.3) is 0 Å². The maximum Gasteiger partial charge on any atom is 0.304 e. The van der Waals surface area contributed by atoms with E-state index >= 15 is 0 Å². The highest BCUT2D eigenvalue weighted by Crippen LogP contribution is 2.26. The van der Waals surface area contributed by atoms with Crippen LogP contribution in [0.3, 0.4) is 0 Å². The fraction of sp³-hybridized carbons (Fsp3) is 0.933. The Morgan fingerprint density at radius 3 is 2.68 bits per heavy atom. The van der Waals surface area contributed by atoms with Gasteiger partial charge >= 0.3 is 5.97 Å². The molecule has 0 spiro atoms. The molecule has 0 aromatic heterocycles. The van der Waals surface area contributed by atoms with Crippen LogP contribution in [0.5, 0.6) is 0 Å². The van der Waals surface area contributed by atoms with E-state index in [9.17, 15) is 4.79 Å². The average Bonchev–Trinajstić information content (AvgIpc) is 2.34. The van der Waals surface area contributed by atoms with E-state index in [1.807, 2.05) is 0 Å². The van der Waals surface area contributed by atoms with Crippen LogP contribution in [0.4, 0.5) is 0 Å². The van der Waals surface area contributed by atoms with E-state index in [2.05, 4.69) is 17.1 Å². The third kappa shape index (κ3) is 4.77. The quantitative estimate of drug-likeness (QED) is 0.741. The first kappa shape index (κ1) is 14.8. The lowest BCUT2D eigenvalue weighted by molar-refractivity contribution is -0.137. The minimum atomic E-state index is -0.683. The second-order valence-electron chi connectivity index (χ2n) is 6.32. The monoisotopic (exact) mass is 268 g/mol. The van der Waals surface area contributed by atoms with Crippen LogP contribution in [0.15, 0.2) is 0 Å². The molecule has 2 rings (SSSR count). The molecule has 0 amide bonds. The molecule has 1 saturated carbocycles. The highest BCUT2D eigenvalue weighted by atomic mass is 16.4. The highest BCUT2D eigenvalue weighted by molar-refractivity contribution is 5.66. The molecular formula is C15H28N2O2. The summed E-state index contributed by atoms with van der Waals surface area (Å²) in [7, 11) is 0. The molecular weight excluding hydrogens is 240 g/mol. The van der Waals surface area contributed by atoms with Gasteiger partial charge in [0.15, 0.2) is 0 Å². The van der Waals surface area contributed by atoms with E-state index in [-0.39, 0.29) is 6.42 Å². The number of piperidine rings is 1. The van der Waals surface area contributed by atoms with Crippen LogP contribution in [-0.2, 0) is 4.79 Å². The molecule has 2 fully saturated rings. The normalized spacial score (nSPS) is 29.1. The first-order chi connectivity index (χ1) is 9.17. The molecule has 1 saturated heterocycles. The van der Waals surface area contributed by atoms with Gasteiger partial charge in [0.1, 0.15) is 0 Å². The summed E-state index contributed by atoms with van der Waals surface area (Å²) in [5.41, 5.74) is 0. The number of hydrogen-bond donors (Lipinski definition) is 2. The average molecular weight is 268 g/mol. The van der Waals surface area contributed by atoms with Gasteiger partial charge in [0.05, 0.1) is 6.42 Å². The lowest BCUT2D eigenvalue weighted by Crippen LogP contribution is -2.50. The molecule has 0 aromatic rings. The molecule has 110 valence electrons. The zero-order valence-electron chi connectivity index (χ0n) is 12.1. The Morgan fingerprint density at radius 1 is 1.32 bits per heavy atom. The number of nitrogens with zero attached hydrogens (tertiary/aromatic N) is 1. The summed E-state index contributed by atoms with van der Waals surface area (Å²) >= 11 is 0. The zero-order chi connectivity index (χ0) is 13.7. The zero-order valence-corrected chi connectivity index (χ0v) is 12.1. The van der Waals surface area contributed by atoms with Crippen molar-refractivity contribution in [2.24, 2.45) is 11.8 Å². The van der Waals surface area contributed by atoms with Gasteiger partial charge in [0, 0.05) is 25.7 Å². The maximum atomic E-state index is 10.7. The van der Waals surface area contributed by atoms with Crippen molar-refractivity contribution in [3.63, 3.8) is 0 Å². The third-order valence-corrected chi connectivity index (χ3v) is 4.75. The van der Waals surface area contributed by atoms with E-state index in [4.69, 9.17) is 5.11 Å². The number of nitrogens with one attached hydrogen (secondary N) is 1. The summed E-state index contributed by atoms with van der Waals surface area (Å²) in [4.78, 5) is 13.0. The minimum Gasteiger partial charge on any atom is -0.481 e. The van der Waals surface area contributed by atoms with Crippen LogP contribution in [0.2, 0.25) is 0 Å². The first-order valence-corrected chi connectivity index (χ1v) is 7.85. The number of aliphatic carboxylic acids is 1. The molecule has 4 heteroatoms. The largest absolute Gasteiger partial charge is 0.481 e. The lowest BCUT2D eigenvalue weighted by atomic mass is 9.85. The van der Waals surface area contributed by atoms with Gasteiger partial charge in [-0.15, -0.1) is 0 Å². The van der Waals surface area contributed by atoms with Crippen LogP contribution < -0.4 is 5.32 Å². The van der Waals surface area contributed by atoms with Gasteiger partial charge in [-0.25, -0.2) is 0 Å². The fourth-order valence-corrected chi connectivity index (χ4v) is 3.21. The van der Waals surface area contributed by atoms with Gasteiger partial charge in [0.2, 0.25) is 0 Å². The molecule has 2 atom stereocenters. The number of likely N-dealkylation sites (tertiary alicyclic amines) is 1. The van der Waals surface area contributed by atoms with Crippen LogP contribution >= 0.6 is 0 Å². The number of rotatable bonds is 7. The van der Waals surface area contributed by atoms with E-state index in [0.29, 0.717) is 12.6 Å². The van der Waals surface area contributed by atoms with E-state index in [1.54, 1.807) is 0 Å². The molecule has 0 radical (unpaired) electrons. The molecule has 19 heavy (non-hydrogen) atoms. The third-order valence-electron chi connectivity index (χ3n) is 4.75. The molecule has 1 aliphatic heterocycles. The second-order valence-corrected chi connectivity index (χ2v) is 6.32. The van der Waals surface area contributed by atoms with Crippen molar-refractivity contribution in [3.05, 3.63) is 0 Å². The number of carbonyl (C=O) groups is 1. The Hall–Kier alpha value is -0.610. The summed E-state index contributed by atoms with van der Waals surface area (Å²) in [6, 6.07) is 0.563. The van der Waals surface area contributed by atoms with Crippen LogP contribution in [0, 0.1) is 11.8 Å². The Morgan fingerprint density at radius 2 is 2.11 bits per heavy atom. The van der Waals surface area contributed by atoms with E-state index in [0.717, 1.165) is 31.5 Å². The van der Waals surface area contributed by atoms with Crippen LogP contribution in [0.25, 0.3) is 0 Å². The molecule has 0 aromatic carbocycles. The molecule has 1 aliphatic carbocycles. The molecule has 4 nitrogen and oxygen atoms in total. The van der Waals surface area contributed by atoms with Crippen LogP contribution in [0.1, 0.15) is 45.4 Å². The predicted octanol–water partition coefficient (Wildman–Crippen LogP) is 1.95. The topological polar surface area (TPSA) is 52.6 Å². The fourth-order valence-electron chi connectivity index (χ4n) is 3.21. The van der Waals surface area contributed by atoms with Gasteiger partial charge in [-0.3, -0.25) is 4.79 Å². The lowest BCUT2D eigenvalue weighted by Gasteiger charge is -2.39. The van der Waals surface area contributed by atoms with Crippen molar-refractivity contribution in [2.75, 3.05) is 26.2 Å². The van der Waals surface area contributed by atoms with Crippen LogP contribution in [-0.4, -0.2) is 48.2 Å². The number of carboxylic acids is 1. The Kier molecular flexibility index (Phi) is 5.64. The summed E-state index contributed by atoms with van der Waals surface area (Å²) in [6.45, 7) is 6.21. The van der Waals surface area contributed by atoms with Crippen molar-refractivity contribution in [3.8, 4) is 0 Å². The maximum absolute atomic E-state index is 10.7. The Bertz CT molecular complexity index is 292. The number of hydrogen-bond acceptors (Lipinski definition) is 3. The standard InChI is InChI=1S/C15H28N2O2/c1-2-12-8-14(16-9-13-4-3-5-13)11-17(10-12)7-6-15(18)19/h12-14,16H,2-11H2,1H3,(H,18,19). The van der Waals surface area contributed by atoms with Crippen molar-refractivity contribution >= 4 is 5.97 Å². The van der Waals surface area contributed by atoms with Crippen molar-refractivity contribution in [1.29, 1.82) is 0 Å². The predicted molar refractivity (Wildman–Crippen MR) is 76.2 cm³/mol. The highest BCUT2D eigenvalue weighted by Gasteiger charge is 2.27. The van der Waals surface area contributed by atoms with Gasteiger partial charge in [-0.05, 0) is 37.6 Å². The van der Waals surface area contributed by atoms with E-state index < -0.39 is 5.97 Å². The van der Waals surface area contributed by atoms with Crippen molar-refractivity contribution in [2.45, 2.75) is 51.5 Å².